The van der Waals surface area contributed by atoms with Crippen molar-refractivity contribution in [3.05, 3.63) is 7.11 Å². The summed E-state index contributed by atoms with van der Waals surface area (Å²) in [7, 11) is 3.10. The Morgan fingerprint density at radius 1 is 1.80 bits per heavy atom. The van der Waals surface area contributed by atoms with Crippen molar-refractivity contribution in [1.82, 2.24) is 0 Å². The van der Waals surface area contributed by atoms with Gasteiger partial charge < -0.3 is 4.74 Å². The molecule has 0 aromatic carbocycles. The van der Waals surface area contributed by atoms with E-state index in [0.29, 0.717) is 6.61 Å². The molecule has 0 saturated heterocycles. The van der Waals surface area contributed by atoms with Gasteiger partial charge in [-0.25, -0.2) is 0 Å². The fourth-order valence-electron chi connectivity index (χ4n) is 0. The normalized spacial score (nSPS) is 6.00. The molecule has 0 atom stereocenters. The van der Waals surface area contributed by atoms with Crippen LogP contribution in [-0.4, -0.2) is 12.1 Å². The van der Waals surface area contributed by atoms with E-state index < -0.39 is 0 Å². The van der Waals surface area contributed by atoms with E-state index in [0.717, 1.165) is 0 Å². The van der Waals surface area contributed by atoms with Crippen molar-refractivity contribution < 1.29 is 10.2 Å². The maximum atomic E-state index is 4.29. The van der Waals surface area contributed by atoms with E-state index in [4.69, 9.17) is 0 Å². The maximum absolute atomic E-state index is 4.29. The third kappa shape index (κ3) is 17.1. The minimum Gasteiger partial charge on any atom is -0.379 e. The number of hydrogen-bond donors (Lipinski definition) is 1. The Morgan fingerprint density at radius 3 is 2.00 bits per heavy atom. The highest BCUT2D eigenvalue weighted by Gasteiger charge is 1.52. The van der Waals surface area contributed by atoms with Gasteiger partial charge >= 0.3 is 0 Å². The minimum atomic E-state index is 0. The van der Waals surface area contributed by atoms with Crippen molar-refractivity contribution in [2.75, 3.05) is 6.61 Å². The fourth-order valence-corrected chi connectivity index (χ4v) is 0. The zero-order chi connectivity index (χ0) is 3.41. The van der Waals surface area contributed by atoms with E-state index in [1.54, 1.807) is 0 Å². The SMILES string of the molecule is [CH2]OCC.[OH]. The molecule has 0 heterocycles. The Balaban J connectivity index is 0. The quantitative estimate of drug-likeness (QED) is 0.489. The molecular formula is C3H8O2. The zero-order valence-electron chi connectivity index (χ0n) is 3.27. The molecular weight excluding hydrogens is 68.0 g/mol. The molecule has 2 radical (unpaired) electrons. The molecule has 0 aliphatic rings. The van der Waals surface area contributed by atoms with Crippen LogP contribution in [0.1, 0.15) is 6.92 Å². The van der Waals surface area contributed by atoms with E-state index in [-0.39, 0.29) is 5.48 Å². The number of ether oxygens (including phenoxy) is 1. The van der Waals surface area contributed by atoms with E-state index in [1.165, 1.54) is 0 Å². The molecule has 0 aromatic rings. The topological polar surface area (TPSA) is 39.2 Å². The second-order valence-electron chi connectivity index (χ2n) is 0.493. The summed E-state index contributed by atoms with van der Waals surface area (Å²) >= 11 is 0. The second-order valence-corrected chi connectivity index (χ2v) is 0.493. The van der Waals surface area contributed by atoms with Crippen molar-refractivity contribution in [3.8, 4) is 0 Å². The Morgan fingerprint density at radius 2 is 2.00 bits per heavy atom. The van der Waals surface area contributed by atoms with Gasteiger partial charge in [-0.1, -0.05) is 0 Å². The highest BCUT2D eigenvalue weighted by atomic mass is 16.5. The zero-order valence-corrected chi connectivity index (χ0v) is 3.27. The Bertz CT molecular complexity index is 6.85. The Hall–Kier alpha value is -0.0800. The molecule has 0 rings (SSSR count). The molecule has 0 aliphatic carbocycles. The second kappa shape index (κ2) is 9.07. The first-order chi connectivity index (χ1) is 1.91. The van der Waals surface area contributed by atoms with E-state index in [2.05, 4.69) is 11.8 Å². The Labute approximate surface area is 32.1 Å². The fraction of sp³-hybridized carbons (Fsp3) is 0.667. The summed E-state index contributed by atoms with van der Waals surface area (Å²) in [4.78, 5) is 0. The average molecular weight is 76.1 g/mol. The van der Waals surface area contributed by atoms with Crippen molar-refractivity contribution in [2.24, 2.45) is 0 Å². The van der Waals surface area contributed by atoms with Crippen molar-refractivity contribution in [2.45, 2.75) is 6.92 Å². The van der Waals surface area contributed by atoms with Crippen LogP contribution in [0.25, 0.3) is 0 Å². The minimum absolute atomic E-state index is 0. The lowest BCUT2D eigenvalue weighted by Crippen LogP contribution is -1.69. The van der Waals surface area contributed by atoms with Gasteiger partial charge in [0, 0.05) is 6.61 Å². The first-order valence-electron chi connectivity index (χ1n) is 1.28. The van der Waals surface area contributed by atoms with E-state index >= 15 is 0 Å². The predicted molar refractivity (Wildman–Crippen MR) is 18.9 cm³/mol. The van der Waals surface area contributed by atoms with Crippen molar-refractivity contribution >= 4 is 0 Å². The average Bonchev–Trinajstić information content (AvgIpc) is 1.37. The van der Waals surface area contributed by atoms with E-state index in [1.807, 2.05) is 6.92 Å². The summed E-state index contributed by atoms with van der Waals surface area (Å²) < 4.78 is 4.29. The molecule has 5 heavy (non-hydrogen) atoms. The van der Waals surface area contributed by atoms with Crippen LogP contribution in [0.15, 0.2) is 0 Å². The van der Waals surface area contributed by atoms with Gasteiger partial charge in [-0.15, -0.1) is 0 Å². The number of rotatable bonds is 1. The van der Waals surface area contributed by atoms with Crippen molar-refractivity contribution in [3.63, 3.8) is 0 Å². The standard InChI is InChI=1S/C3H7O.HO/c1-3-4-2;/h2-3H2,1H3;1H. The summed E-state index contributed by atoms with van der Waals surface area (Å²) in [6.45, 7) is 2.60. The highest BCUT2D eigenvalue weighted by Crippen LogP contribution is 1.56. The lowest BCUT2D eigenvalue weighted by Gasteiger charge is -1.75. The van der Waals surface area contributed by atoms with Gasteiger partial charge in [0.1, 0.15) is 0 Å². The van der Waals surface area contributed by atoms with Crippen LogP contribution >= 0.6 is 0 Å². The molecule has 0 aromatic heterocycles. The van der Waals surface area contributed by atoms with Crippen LogP contribution in [0, 0.1) is 7.11 Å². The lowest BCUT2D eigenvalue weighted by molar-refractivity contribution is 0.261. The van der Waals surface area contributed by atoms with Gasteiger partial charge in [-0.3, -0.25) is 5.48 Å². The molecule has 1 N–H and O–H groups in total. The smallest absolute Gasteiger partial charge is 0.0700 e. The molecule has 0 saturated carbocycles. The van der Waals surface area contributed by atoms with Crippen LogP contribution in [0.4, 0.5) is 0 Å². The summed E-state index contributed by atoms with van der Waals surface area (Å²) in [6, 6.07) is 0. The molecule has 0 unspecified atom stereocenters. The van der Waals surface area contributed by atoms with Crippen LogP contribution in [0.3, 0.4) is 0 Å². The monoisotopic (exact) mass is 76.1 g/mol. The summed E-state index contributed by atoms with van der Waals surface area (Å²) in [5.41, 5.74) is 0. The first-order valence-corrected chi connectivity index (χ1v) is 1.28. The predicted octanol–water partition coefficient (Wildman–Crippen LogP) is 0.638. The third-order valence-electron chi connectivity index (χ3n) is 0.204. The van der Waals surface area contributed by atoms with Crippen LogP contribution in [0.2, 0.25) is 0 Å². The summed E-state index contributed by atoms with van der Waals surface area (Å²) in [6.07, 6.45) is 0. The molecule has 2 heteroatoms. The molecule has 0 amide bonds. The van der Waals surface area contributed by atoms with Crippen LogP contribution in [-0.2, 0) is 4.74 Å². The largest absolute Gasteiger partial charge is 0.379 e. The lowest BCUT2D eigenvalue weighted by atomic mass is 10.9. The first kappa shape index (κ1) is 8.87. The van der Waals surface area contributed by atoms with E-state index in [9.17, 15) is 0 Å². The van der Waals surface area contributed by atoms with Gasteiger partial charge in [0.25, 0.3) is 0 Å². The van der Waals surface area contributed by atoms with Gasteiger partial charge in [-0.05, 0) is 6.92 Å². The molecule has 0 fully saturated rings. The number of hydrogen-bond acceptors (Lipinski definition) is 1. The molecule has 0 aliphatic heterocycles. The molecule has 0 spiro atoms. The van der Waals surface area contributed by atoms with Gasteiger partial charge in [-0.2, -0.15) is 0 Å². The summed E-state index contributed by atoms with van der Waals surface area (Å²) in [5.74, 6) is 0. The maximum Gasteiger partial charge on any atom is 0.0700 e. The van der Waals surface area contributed by atoms with Crippen LogP contribution < -0.4 is 0 Å². The third-order valence-corrected chi connectivity index (χ3v) is 0.204. The van der Waals surface area contributed by atoms with Crippen molar-refractivity contribution in [1.29, 1.82) is 0 Å². The van der Waals surface area contributed by atoms with Gasteiger partial charge in [0.15, 0.2) is 0 Å². The molecule has 0 bridgehead atoms. The molecule has 2 nitrogen and oxygen atoms in total. The Kier molecular flexibility index (Phi) is 16.1. The summed E-state index contributed by atoms with van der Waals surface area (Å²) in [5, 5.41) is 0. The van der Waals surface area contributed by atoms with Gasteiger partial charge in [0.05, 0.1) is 7.11 Å². The molecule has 32 valence electrons. The van der Waals surface area contributed by atoms with Crippen LogP contribution in [0.5, 0.6) is 0 Å². The highest BCUT2D eigenvalue weighted by molar-refractivity contribution is 4.02. The van der Waals surface area contributed by atoms with Gasteiger partial charge in [0.2, 0.25) is 0 Å².